The molecule has 3 aliphatic rings. The standard InChI is InChI=1S/C10H6O/c1-3-7-4-2-6-9-10(11-9)8(7)5-1/h1-6H. The maximum absolute atomic E-state index is 5.27. The second kappa shape index (κ2) is 1.56. The molecule has 1 nitrogen and oxygen atoms in total. The minimum Gasteiger partial charge on any atom is -0.449 e. The summed E-state index contributed by atoms with van der Waals surface area (Å²) in [5.74, 6) is 2.07. The summed E-state index contributed by atoms with van der Waals surface area (Å²) in [5, 5.41) is 0. The van der Waals surface area contributed by atoms with E-state index in [-0.39, 0.29) is 0 Å². The van der Waals surface area contributed by atoms with Crippen LogP contribution in [0.2, 0.25) is 0 Å². The van der Waals surface area contributed by atoms with E-state index in [4.69, 9.17) is 4.74 Å². The number of hydrogen-bond acceptors (Lipinski definition) is 1. The molecule has 1 heteroatoms. The van der Waals surface area contributed by atoms with Crippen molar-refractivity contribution in [2.24, 2.45) is 0 Å². The molecule has 0 saturated heterocycles. The molecule has 0 fully saturated rings. The van der Waals surface area contributed by atoms with Gasteiger partial charge in [0, 0.05) is 5.56 Å². The molecule has 1 aliphatic heterocycles. The molecule has 52 valence electrons. The SMILES string of the molecule is c1cc2cccc-2c2c(c1)O2. The van der Waals surface area contributed by atoms with Gasteiger partial charge < -0.3 is 4.74 Å². The minimum atomic E-state index is 1.02. The molecule has 2 aliphatic carbocycles. The summed E-state index contributed by atoms with van der Waals surface area (Å²) in [6.45, 7) is 0. The third kappa shape index (κ3) is 0.598. The van der Waals surface area contributed by atoms with Crippen molar-refractivity contribution in [1.82, 2.24) is 0 Å². The first-order valence-corrected chi connectivity index (χ1v) is 3.65. The van der Waals surface area contributed by atoms with Gasteiger partial charge in [-0.3, -0.25) is 0 Å². The molecule has 0 aromatic rings. The first-order valence-electron chi connectivity index (χ1n) is 3.65. The van der Waals surface area contributed by atoms with Gasteiger partial charge in [-0.2, -0.15) is 0 Å². The Labute approximate surface area is 64.6 Å². The molecule has 0 bridgehead atoms. The zero-order valence-electron chi connectivity index (χ0n) is 5.87. The third-order valence-corrected chi connectivity index (χ3v) is 2.01. The van der Waals surface area contributed by atoms with Gasteiger partial charge in [0.05, 0.1) is 0 Å². The Morgan fingerprint density at radius 1 is 0.909 bits per heavy atom. The van der Waals surface area contributed by atoms with Crippen molar-refractivity contribution in [2.75, 3.05) is 0 Å². The third-order valence-electron chi connectivity index (χ3n) is 2.01. The molecule has 0 atom stereocenters. The van der Waals surface area contributed by atoms with Gasteiger partial charge >= 0.3 is 0 Å². The first-order chi connectivity index (χ1) is 5.45. The molecule has 3 rings (SSSR count). The molecular weight excluding hydrogens is 136 g/mol. The Bertz CT molecular complexity index is 392. The molecule has 0 aromatic carbocycles. The van der Waals surface area contributed by atoms with Crippen LogP contribution < -0.4 is 4.74 Å². The van der Waals surface area contributed by atoms with E-state index >= 15 is 0 Å². The van der Waals surface area contributed by atoms with Crippen molar-refractivity contribution in [3.05, 3.63) is 36.4 Å². The fraction of sp³-hybridized carbons (Fsp3) is 0. The van der Waals surface area contributed by atoms with E-state index in [1.807, 2.05) is 18.2 Å². The quantitative estimate of drug-likeness (QED) is 0.439. The average Bonchev–Trinajstić information content (AvgIpc) is 2.65. The fourth-order valence-electron chi connectivity index (χ4n) is 1.41. The van der Waals surface area contributed by atoms with Crippen molar-refractivity contribution >= 4 is 0 Å². The normalized spacial score (nSPS) is 12.4. The van der Waals surface area contributed by atoms with Crippen LogP contribution in [0.25, 0.3) is 11.1 Å². The molecule has 0 radical (unpaired) electrons. The van der Waals surface area contributed by atoms with Crippen LogP contribution in [0.1, 0.15) is 0 Å². The number of rotatable bonds is 0. The van der Waals surface area contributed by atoms with E-state index in [1.165, 1.54) is 11.1 Å². The monoisotopic (exact) mass is 142 g/mol. The van der Waals surface area contributed by atoms with Crippen LogP contribution in [0.4, 0.5) is 0 Å². The predicted octanol–water partition coefficient (Wildman–Crippen LogP) is 2.90. The number of ether oxygens (including phenoxy) is 1. The van der Waals surface area contributed by atoms with Crippen LogP contribution in [0.5, 0.6) is 11.5 Å². The second-order valence-electron chi connectivity index (χ2n) is 2.72. The van der Waals surface area contributed by atoms with Crippen LogP contribution in [0, 0.1) is 0 Å². The van der Waals surface area contributed by atoms with Crippen molar-refractivity contribution in [3.8, 4) is 22.6 Å². The van der Waals surface area contributed by atoms with E-state index in [9.17, 15) is 0 Å². The Hall–Kier alpha value is -1.50. The molecule has 0 amide bonds. The van der Waals surface area contributed by atoms with E-state index in [1.54, 1.807) is 0 Å². The van der Waals surface area contributed by atoms with Gasteiger partial charge in [-0.15, -0.1) is 0 Å². The van der Waals surface area contributed by atoms with E-state index in [2.05, 4.69) is 18.2 Å². The Morgan fingerprint density at radius 3 is 2.64 bits per heavy atom. The van der Waals surface area contributed by atoms with E-state index in [0.29, 0.717) is 0 Å². The molecular formula is C10H6O. The maximum Gasteiger partial charge on any atom is 0.177 e. The highest BCUT2D eigenvalue weighted by Gasteiger charge is 2.24. The lowest BCUT2D eigenvalue weighted by molar-refractivity contribution is 0.649. The van der Waals surface area contributed by atoms with Crippen molar-refractivity contribution in [3.63, 3.8) is 0 Å². The summed E-state index contributed by atoms with van der Waals surface area (Å²) < 4.78 is 5.27. The Kier molecular flexibility index (Phi) is 0.737. The van der Waals surface area contributed by atoms with Crippen LogP contribution in [-0.2, 0) is 0 Å². The van der Waals surface area contributed by atoms with E-state index in [0.717, 1.165) is 11.5 Å². The van der Waals surface area contributed by atoms with Gasteiger partial charge in [-0.1, -0.05) is 30.3 Å². The fourth-order valence-corrected chi connectivity index (χ4v) is 1.41. The largest absolute Gasteiger partial charge is 0.449 e. The van der Waals surface area contributed by atoms with Gasteiger partial charge in [-0.25, -0.2) is 0 Å². The van der Waals surface area contributed by atoms with Gasteiger partial charge in [0.25, 0.3) is 0 Å². The predicted molar refractivity (Wildman–Crippen MR) is 43.1 cm³/mol. The van der Waals surface area contributed by atoms with E-state index < -0.39 is 0 Å². The van der Waals surface area contributed by atoms with Gasteiger partial charge in [0.15, 0.2) is 11.5 Å². The van der Waals surface area contributed by atoms with Crippen molar-refractivity contribution in [1.29, 1.82) is 0 Å². The van der Waals surface area contributed by atoms with Gasteiger partial charge in [0.2, 0.25) is 0 Å². The topological polar surface area (TPSA) is 12.5 Å². The van der Waals surface area contributed by atoms with Crippen molar-refractivity contribution in [2.45, 2.75) is 0 Å². The van der Waals surface area contributed by atoms with Crippen molar-refractivity contribution < 1.29 is 4.74 Å². The molecule has 0 saturated carbocycles. The molecule has 0 unspecified atom stereocenters. The summed E-state index contributed by atoms with van der Waals surface area (Å²) in [5.41, 5.74) is 2.48. The zero-order valence-corrected chi connectivity index (χ0v) is 5.87. The van der Waals surface area contributed by atoms with Gasteiger partial charge in [0.1, 0.15) is 0 Å². The maximum atomic E-state index is 5.27. The molecule has 0 N–H and O–H groups in total. The molecule has 0 spiro atoms. The average molecular weight is 142 g/mol. The first kappa shape index (κ1) is 5.19. The van der Waals surface area contributed by atoms with Crippen LogP contribution >= 0.6 is 0 Å². The Balaban J connectivity index is 2.46. The molecule has 0 aromatic heterocycles. The summed E-state index contributed by atoms with van der Waals surface area (Å²) >= 11 is 0. The summed E-state index contributed by atoms with van der Waals surface area (Å²) in [6, 6.07) is 12.3. The highest BCUT2D eigenvalue weighted by atomic mass is 16.6. The van der Waals surface area contributed by atoms with Gasteiger partial charge in [-0.05, 0) is 11.6 Å². The number of hydrogen-bond donors (Lipinski definition) is 0. The smallest absolute Gasteiger partial charge is 0.177 e. The second-order valence-corrected chi connectivity index (χ2v) is 2.72. The van der Waals surface area contributed by atoms with Crippen LogP contribution in [-0.4, -0.2) is 0 Å². The lowest BCUT2D eigenvalue weighted by Crippen LogP contribution is -1.62. The van der Waals surface area contributed by atoms with Crippen LogP contribution in [0.15, 0.2) is 36.4 Å². The lowest BCUT2D eigenvalue weighted by Gasteiger charge is -1.86. The number of fused-ring (bicyclic) bond motifs is 3. The highest BCUT2D eigenvalue weighted by molar-refractivity contribution is 5.80. The summed E-state index contributed by atoms with van der Waals surface area (Å²) in [7, 11) is 0. The zero-order chi connectivity index (χ0) is 7.26. The lowest BCUT2D eigenvalue weighted by atomic mass is 10.2. The summed E-state index contributed by atoms with van der Waals surface area (Å²) in [6.07, 6.45) is 0. The van der Waals surface area contributed by atoms with Crippen LogP contribution in [0.3, 0.4) is 0 Å². The minimum absolute atomic E-state index is 1.02. The highest BCUT2D eigenvalue weighted by Crippen LogP contribution is 2.51. The molecule has 1 heterocycles. The Morgan fingerprint density at radius 2 is 1.73 bits per heavy atom. The molecule has 11 heavy (non-hydrogen) atoms. The summed E-state index contributed by atoms with van der Waals surface area (Å²) in [4.78, 5) is 0.